The Morgan fingerprint density at radius 1 is 1.12 bits per heavy atom. The second-order valence-electron chi connectivity index (χ2n) is 7.71. The van der Waals surface area contributed by atoms with E-state index in [1.54, 1.807) is 50.2 Å². The van der Waals surface area contributed by atoms with Gasteiger partial charge in [0.05, 0.1) is 11.6 Å². The third kappa shape index (κ3) is 4.09. The number of para-hydroxylation sites is 1. The third-order valence-electron chi connectivity index (χ3n) is 5.31. The van der Waals surface area contributed by atoms with Gasteiger partial charge in [-0.2, -0.15) is 8.78 Å². The van der Waals surface area contributed by atoms with Crippen molar-refractivity contribution >= 4 is 17.4 Å². The number of aliphatic hydroxyl groups excluding tert-OH is 1. The van der Waals surface area contributed by atoms with Gasteiger partial charge in [0.2, 0.25) is 0 Å². The highest BCUT2D eigenvalue weighted by atomic mass is 19.3. The smallest absolute Gasteiger partial charge is 0.387 e. The molecule has 0 saturated carbocycles. The zero-order valence-electron chi connectivity index (χ0n) is 17.7. The van der Waals surface area contributed by atoms with Crippen LogP contribution in [0.25, 0.3) is 11.3 Å². The summed E-state index contributed by atoms with van der Waals surface area (Å²) in [5.74, 6) is -2.75. The number of Topliss-reactive ketones (excluding diaryl/α,β-unsaturated/α-hetero) is 1. The van der Waals surface area contributed by atoms with E-state index in [2.05, 4.69) is 9.89 Å². The standard InChI is InChI=1S/C24H20F2N2O5/c1-13(2)21(29)19-20(16-5-3-4-6-18(16)33-24(25)26)28(23(31)22(19)30)15-9-7-14(8-10-15)17-11-12-32-27-17/h3-13,20,24,30H,1-2H3. The topological polar surface area (TPSA) is 92.9 Å². The van der Waals surface area contributed by atoms with E-state index in [0.717, 1.165) is 0 Å². The van der Waals surface area contributed by atoms with E-state index in [1.807, 2.05) is 0 Å². The Kier molecular flexibility index (Phi) is 5.95. The van der Waals surface area contributed by atoms with Crippen molar-refractivity contribution in [2.45, 2.75) is 26.5 Å². The number of nitrogens with zero attached hydrogens (tertiary/aromatic N) is 2. The molecule has 2 heterocycles. The van der Waals surface area contributed by atoms with Crippen molar-refractivity contribution in [3.63, 3.8) is 0 Å². The maximum atomic E-state index is 13.1. The molecule has 1 unspecified atom stereocenters. The van der Waals surface area contributed by atoms with E-state index < -0.39 is 36.0 Å². The second-order valence-corrected chi connectivity index (χ2v) is 7.71. The van der Waals surface area contributed by atoms with Crippen LogP contribution in [0.2, 0.25) is 0 Å². The molecule has 4 rings (SSSR count). The molecule has 1 aromatic heterocycles. The van der Waals surface area contributed by atoms with Gasteiger partial charge in [0.1, 0.15) is 17.7 Å². The minimum Gasteiger partial charge on any atom is -0.503 e. The molecule has 0 saturated heterocycles. The number of ether oxygens (including phenoxy) is 1. The Morgan fingerprint density at radius 3 is 2.42 bits per heavy atom. The van der Waals surface area contributed by atoms with Crippen molar-refractivity contribution in [3.8, 4) is 17.0 Å². The van der Waals surface area contributed by atoms with Crippen molar-refractivity contribution in [2.24, 2.45) is 5.92 Å². The largest absolute Gasteiger partial charge is 0.503 e. The molecule has 0 spiro atoms. The van der Waals surface area contributed by atoms with E-state index in [4.69, 9.17) is 4.52 Å². The third-order valence-corrected chi connectivity index (χ3v) is 5.31. The first kappa shape index (κ1) is 22.2. The average Bonchev–Trinajstić information content (AvgIpc) is 3.41. The maximum Gasteiger partial charge on any atom is 0.387 e. The Morgan fingerprint density at radius 2 is 1.82 bits per heavy atom. The fourth-order valence-corrected chi connectivity index (χ4v) is 3.79. The molecule has 0 radical (unpaired) electrons. The monoisotopic (exact) mass is 454 g/mol. The van der Waals surface area contributed by atoms with E-state index in [1.165, 1.54) is 29.4 Å². The molecule has 1 N–H and O–H groups in total. The number of aromatic nitrogens is 1. The summed E-state index contributed by atoms with van der Waals surface area (Å²) < 4.78 is 35.7. The highest BCUT2D eigenvalue weighted by molar-refractivity contribution is 6.17. The number of aliphatic hydroxyl groups is 1. The number of halogens is 2. The lowest BCUT2D eigenvalue weighted by molar-refractivity contribution is -0.119. The predicted octanol–water partition coefficient (Wildman–Crippen LogP) is 5.07. The molecule has 7 nitrogen and oxygen atoms in total. The summed E-state index contributed by atoms with van der Waals surface area (Å²) >= 11 is 0. The Labute approximate surface area is 187 Å². The van der Waals surface area contributed by atoms with E-state index >= 15 is 0 Å². The van der Waals surface area contributed by atoms with Gasteiger partial charge in [-0.1, -0.05) is 49.3 Å². The minimum absolute atomic E-state index is 0.153. The van der Waals surface area contributed by atoms with Gasteiger partial charge in [-0.15, -0.1) is 0 Å². The molecule has 33 heavy (non-hydrogen) atoms. The number of anilines is 1. The molecule has 0 fully saturated rings. The molecule has 170 valence electrons. The molecule has 1 atom stereocenters. The van der Waals surface area contributed by atoms with Crippen LogP contribution in [0.4, 0.5) is 14.5 Å². The van der Waals surface area contributed by atoms with Crippen molar-refractivity contribution < 1.29 is 32.7 Å². The van der Waals surface area contributed by atoms with Crippen LogP contribution in [0.15, 0.2) is 76.7 Å². The SMILES string of the molecule is CC(C)C(=O)C1=C(O)C(=O)N(c2ccc(-c3ccon3)cc2)C1c1ccccc1OC(F)F. The van der Waals surface area contributed by atoms with E-state index in [-0.39, 0.29) is 16.9 Å². The zero-order valence-corrected chi connectivity index (χ0v) is 17.7. The highest BCUT2D eigenvalue weighted by Gasteiger charge is 2.46. The van der Waals surface area contributed by atoms with Crippen LogP contribution in [0.5, 0.6) is 5.75 Å². The van der Waals surface area contributed by atoms with Crippen molar-refractivity contribution in [3.05, 3.63) is 77.8 Å². The number of amides is 1. The van der Waals surface area contributed by atoms with Gasteiger partial charge in [-0.25, -0.2) is 0 Å². The first-order chi connectivity index (χ1) is 15.8. The Bertz CT molecular complexity index is 1200. The number of hydrogen-bond acceptors (Lipinski definition) is 6. The Balaban J connectivity index is 1.84. The van der Waals surface area contributed by atoms with Gasteiger partial charge in [0.15, 0.2) is 11.5 Å². The number of hydrogen-bond donors (Lipinski definition) is 1. The molecule has 9 heteroatoms. The molecule has 0 aliphatic carbocycles. The first-order valence-electron chi connectivity index (χ1n) is 10.1. The van der Waals surface area contributed by atoms with Crippen molar-refractivity contribution in [2.75, 3.05) is 4.90 Å². The summed E-state index contributed by atoms with van der Waals surface area (Å²) in [6.45, 7) is 0.141. The fraction of sp³-hybridized carbons (Fsp3) is 0.208. The van der Waals surface area contributed by atoms with Crippen molar-refractivity contribution in [1.29, 1.82) is 0 Å². The number of carbonyl (C=O) groups excluding carboxylic acids is 2. The summed E-state index contributed by atoms with van der Waals surface area (Å²) in [7, 11) is 0. The van der Waals surface area contributed by atoms with Gasteiger partial charge < -0.3 is 14.4 Å². The summed E-state index contributed by atoms with van der Waals surface area (Å²) in [6.07, 6.45) is 1.43. The van der Waals surface area contributed by atoms with Crippen LogP contribution in [-0.4, -0.2) is 28.6 Å². The number of benzene rings is 2. The quantitative estimate of drug-likeness (QED) is 0.536. The molecule has 0 bridgehead atoms. The van der Waals surface area contributed by atoms with Gasteiger partial charge in [-0.3, -0.25) is 14.5 Å². The number of rotatable bonds is 7. The van der Waals surface area contributed by atoms with Gasteiger partial charge >= 0.3 is 6.61 Å². The van der Waals surface area contributed by atoms with E-state index in [9.17, 15) is 23.5 Å². The average molecular weight is 454 g/mol. The predicted molar refractivity (Wildman–Crippen MR) is 115 cm³/mol. The van der Waals surface area contributed by atoms with Crippen LogP contribution in [0.1, 0.15) is 25.5 Å². The number of alkyl halides is 2. The van der Waals surface area contributed by atoms with Gasteiger partial charge in [0.25, 0.3) is 5.91 Å². The second kappa shape index (κ2) is 8.85. The van der Waals surface area contributed by atoms with Crippen LogP contribution in [0, 0.1) is 5.92 Å². The summed E-state index contributed by atoms with van der Waals surface area (Å²) in [5, 5.41) is 14.5. The Hall–Kier alpha value is -4.01. The van der Waals surface area contributed by atoms with Gasteiger partial charge in [-0.05, 0) is 18.2 Å². The maximum absolute atomic E-state index is 13.1. The van der Waals surface area contributed by atoms with Gasteiger partial charge in [0, 0.05) is 28.8 Å². The molecule has 3 aromatic rings. The zero-order chi connectivity index (χ0) is 23.7. The molecular formula is C24H20F2N2O5. The lowest BCUT2D eigenvalue weighted by Gasteiger charge is -2.28. The number of carbonyl (C=O) groups is 2. The fourth-order valence-electron chi connectivity index (χ4n) is 3.79. The lowest BCUT2D eigenvalue weighted by Crippen LogP contribution is -2.31. The molecule has 2 aromatic carbocycles. The van der Waals surface area contributed by atoms with Crippen LogP contribution in [0.3, 0.4) is 0 Å². The molecule has 1 aliphatic rings. The van der Waals surface area contributed by atoms with Crippen LogP contribution >= 0.6 is 0 Å². The van der Waals surface area contributed by atoms with Crippen LogP contribution in [-0.2, 0) is 9.59 Å². The molecule has 1 aliphatic heterocycles. The minimum atomic E-state index is -3.11. The van der Waals surface area contributed by atoms with E-state index in [0.29, 0.717) is 16.9 Å². The highest BCUT2D eigenvalue weighted by Crippen LogP contribution is 2.45. The van der Waals surface area contributed by atoms with Crippen LogP contribution < -0.4 is 9.64 Å². The lowest BCUT2D eigenvalue weighted by atomic mass is 9.90. The summed E-state index contributed by atoms with van der Waals surface area (Å²) in [6, 6.07) is 13.0. The molecule has 1 amide bonds. The number of ketones is 1. The molecular weight excluding hydrogens is 434 g/mol. The first-order valence-corrected chi connectivity index (χ1v) is 10.1. The van der Waals surface area contributed by atoms with Crippen molar-refractivity contribution in [1.82, 2.24) is 5.16 Å². The summed E-state index contributed by atoms with van der Waals surface area (Å²) in [5.41, 5.74) is 1.63. The summed E-state index contributed by atoms with van der Waals surface area (Å²) in [4.78, 5) is 27.3. The normalized spacial score (nSPS) is 16.2.